The molecule has 180 valence electrons. The van der Waals surface area contributed by atoms with Crippen LogP contribution in [0.15, 0.2) is 12.2 Å². The smallest absolute Gasteiger partial charge is 0.0351 e. The molecule has 0 aromatic rings. The average molecular weight is 421 g/mol. The van der Waals surface area contributed by atoms with E-state index in [4.69, 9.17) is 0 Å². The molecule has 0 spiro atoms. The van der Waals surface area contributed by atoms with Crippen molar-refractivity contribution in [3.05, 3.63) is 12.2 Å². The molecular formula is C30H60. The third kappa shape index (κ3) is 24.0. The van der Waals surface area contributed by atoms with E-state index in [1.54, 1.807) is 0 Å². The van der Waals surface area contributed by atoms with E-state index in [-0.39, 0.29) is 0 Å². The van der Waals surface area contributed by atoms with Crippen LogP contribution in [-0.2, 0) is 0 Å². The quantitative estimate of drug-likeness (QED) is 0.107. The molecule has 0 radical (unpaired) electrons. The van der Waals surface area contributed by atoms with Crippen LogP contribution in [0.1, 0.15) is 169 Å². The lowest BCUT2D eigenvalue weighted by atomic mass is 9.95. The molecule has 0 N–H and O–H groups in total. The molecule has 0 heterocycles. The molecule has 0 bridgehead atoms. The Morgan fingerprint density at radius 2 is 0.800 bits per heavy atom. The highest BCUT2D eigenvalue weighted by molar-refractivity contribution is 4.79. The molecule has 0 saturated carbocycles. The number of hydrogen-bond acceptors (Lipinski definition) is 0. The van der Waals surface area contributed by atoms with Crippen LogP contribution in [0.5, 0.6) is 0 Å². The van der Waals surface area contributed by atoms with Crippen molar-refractivity contribution >= 4 is 0 Å². The number of allylic oxidation sites excluding steroid dienone is 2. The van der Waals surface area contributed by atoms with Gasteiger partial charge in [0, 0.05) is 0 Å². The highest BCUT2D eigenvalue weighted by Gasteiger charge is 2.03. The van der Waals surface area contributed by atoms with Crippen molar-refractivity contribution in [3.63, 3.8) is 0 Å². The van der Waals surface area contributed by atoms with E-state index in [1.807, 2.05) is 0 Å². The maximum absolute atomic E-state index is 2.48. The van der Waals surface area contributed by atoms with E-state index < -0.39 is 0 Å². The Morgan fingerprint density at radius 1 is 0.433 bits per heavy atom. The van der Waals surface area contributed by atoms with Gasteiger partial charge in [0.1, 0.15) is 0 Å². The standard InChI is InChI=1S/C30H60/c1-5-7-9-11-15-18-22-27-30(4)28-24-20-17-14-12-13-16-19-23-26-29(3)25-21-10-8-6-2/h7,9,29-30H,5-6,8,10-28H2,1-4H3/b9-7+. The van der Waals surface area contributed by atoms with E-state index in [1.165, 1.54) is 141 Å². The van der Waals surface area contributed by atoms with Gasteiger partial charge in [-0.15, -0.1) is 0 Å². The van der Waals surface area contributed by atoms with Crippen molar-refractivity contribution in [2.45, 2.75) is 169 Å². The maximum atomic E-state index is 2.48. The van der Waals surface area contributed by atoms with Crippen LogP contribution in [0, 0.1) is 11.8 Å². The van der Waals surface area contributed by atoms with Gasteiger partial charge in [-0.2, -0.15) is 0 Å². The second-order valence-corrected chi connectivity index (χ2v) is 10.3. The monoisotopic (exact) mass is 420 g/mol. The fourth-order valence-electron chi connectivity index (χ4n) is 4.65. The lowest BCUT2D eigenvalue weighted by Crippen LogP contribution is -1.95. The molecule has 0 fully saturated rings. The molecule has 0 amide bonds. The van der Waals surface area contributed by atoms with Crippen LogP contribution in [0.3, 0.4) is 0 Å². The topological polar surface area (TPSA) is 0 Å². The Labute approximate surface area is 193 Å². The summed E-state index contributed by atoms with van der Waals surface area (Å²) in [7, 11) is 0. The van der Waals surface area contributed by atoms with Crippen molar-refractivity contribution in [3.8, 4) is 0 Å². The van der Waals surface area contributed by atoms with Crippen molar-refractivity contribution in [1.29, 1.82) is 0 Å². The summed E-state index contributed by atoms with van der Waals surface area (Å²) in [6, 6.07) is 0. The average Bonchev–Trinajstić information content (AvgIpc) is 2.74. The fraction of sp³-hybridized carbons (Fsp3) is 0.933. The lowest BCUT2D eigenvalue weighted by molar-refractivity contribution is 0.428. The first-order chi connectivity index (χ1) is 14.7. The molecule has 0 saturated heterocycles. The summed E-state index contributed by atoms with van der Waals surface area (Å²) in [6.45, 7) is 9.47. The van der Waals surface area contributed by atoms with Crippen LogP contribution in [0.4, 0.5) is 0 Å². The predicted molar refractivity (Wildman–Crippen MR) is 140 cm³/mol. The minimum atomic E-state index is 0.949. The SMILES string of the molecule is CC/C=C/CCCCCC(C)CCCCCCCCCCCC(C)CCCCCC. The normalized spacial score (nSPS) is 13.9. The molecular weight excluding hydrogens is 360 g/mol. The van der Waals surface area contributed by atoms with E-state index in [2.05, 4.69) is 39.8 Å². The van der Waals surface area contributed by atoms with Crippen molar-refractivity contribution in [2.75, 3.05) is 0 Å². The summed E-state index contributed by atoms with van der Waals surface area (Å²) in [5.74, 6) is 1.91. The molecule has 0 aromatic heterocycles. The van der Waals surface area contributed by atoms with Gasteiger partial charge in [0.05, 0.1) is 0 Å². The Hall–Kier alpha value is -0.260. The van der Waals surface area contributed by atoms with E-state index in [9.17, 15) is 0 Å². The first-order valence-electron chi connectivity index (χ1n) is 14.4. The molecule has 0 rings (SSSR count). The van der Waals surface area contributed by atoms with Crippen LogP contribution in [0.25, 0.3) is 0 Å². The molecule has 0 heteroatoms. The second-order valence-electron chi connectivity index (χ2n) is 10.3. The van der Waals surface area contributed by atoms with E-state index in [0.29, 0.717) is 0 Å². The van der Waals surface area contributed by atoms with Crippen molar-refractivity contribution in [1.82, 2.24) is 0 Å². The molecule has 2 unspecified atom stereocenters. The second kappa shape index (κ2) is 25.0. The molecule has 0 aliphatic heterocycles. The minimum absolute atomic E-state index is 0.949. The zero-order chi connectivity index (χ0) is 22.1. The molecule has 0 aromatic carbocycles. The fourth-order valence-corrected chi connectivity index (χ4v) is 4.65. The number of unbranched alkanes of at least 4 members (excludes halogenated alkanes) is 14. The first kappa shape index (κ1) is 29.7. The third-order valence-electron chi connectivity index (χ3n) is 6.91. The zero-order valence-corrected chi connectivity index (χ0v) is 21.9. The maximum Gasteiger partial charge on any atom is -0.0351 e. The zero-order valence-electron chi connectivity index (χ0n) is 21.9. The van der Waals surface area contributed by atoms with Gasteiger partial charge in [0.2, 0.25) is 0 Å². The Bertz CT molecular complexity index is 329. The van der Waals surface area contributed by atoms with Crippen molar-refractivity contribution < 1.29 is 0 Å². The summed E-state index contributed by atoms with van der Waals surface area (Å²) >= 11 is 0. The Kier molecular flexibility index (Phi) is 24.8. The van der Waals surface area contributed by atoms with Gasteiger partial charge in [-0.3, -0.25) is 0 Å². The van der Waals surface area contributed by atoms with Crippen LogP contribution in [0.2, 0.25) is 0 Å². The largest absolute Gasteiger partial charge is 0.0888 e. The van der Waals surface area contributed by atoms with Gasteiger partial charge in [-0.1, -0.05) is 162 Å². The van der Waals surface area contributed by atoms with Gasteiger partial charge in [0.15, 0.2) is 0 Å². The van der Waals surface area contributed by atoms with Crippen LogP contribution < -0.4 is 0 Å². The predicted octanol–water partition coefficient (Wildman–Crippen LogP) is 11.4. The summed E-state index contributed by atoms with van der Waals surface area (Å²) in [4.78, 5) is 0. The first-order valence-corrected chi connectivity index (χ1v) is 14.4. The molecule has 0 aliphatic carbocycles. The summed E-state index contributed by atoms with van der Waals surface area (Å²) in [5.41, 5.74) is 0. The Balaban J connectivity index is 3.22. The number of hydrogen-bond donors (Lipinski definition) is 0. The highest BCUT2D eigenvalue weighted by Crippen LogP contribution is 2.20. The van der Waals surface area contributed by atoms with Gasteiger partial charge < -0.3 is 0 Å². The van der Waals surface area contributed by atoms with E-state index >= 15 is 0 Å². The summed E-state index contributed by atoms with van der Waals surface area (Å²) in [6.07, 6.45) is 36.3. The lowest BCUT2D eigenvalue weighted by Gasteiger charge is -2.11. The van der Waals surface area contributed by atoms with Gasteiger partial charge >= 0.3 is 0 Å². The molecule has 30 heavy (non-hydrogen) atoms. The van der Waals surface area contributed by atoms with Crippen molar-refractivity contribution in [2.24, 2.45) is 11.8 Å². The summed E-state index contributed by atoms with van der Waals surface area (Å²) < 4.78 is 0. The van der Waals surface area contributed by atoms with Gasteiger partial charge in [-0.25, -0.2) is 0 Å². The molecule has 0 nitrogen and oxygen atoms in total. The minimum Gasteiger partial charge on any atom is -0.0888 e. The van der Waals surface area contributed by atoms with Crippen LogP contribution >= 0.6 is 0 Å². The van der Waals surface area contributed by atoms with Gasteiger partial charge in [-0.05, 0) is 31.1 Å². The Morgan fingerprint density at radius 3 is 1.20 bits per heavy atom. The summed E-state index contributed by atoms with van der Waals surface area (Å²) in [5, 5.41) is 0. The molecule has 2 atom stereocenters. The van der Waals surface area contributed by atoms with Crippen LogP contribution in [-0.4, -0.2) is 0 Å². The third-order valence-corrected chi connectivity index (χ3v) is 6.91. The van der Waals surface area contributed by atoms with Gasteiger partial charge in [0.25, 0.3) is 0 Å². The number of rotatable bonds is 24. The van der Waals surface area contributed by atoms with E-state index in [0.717, 1.165) is 11.8 Å². The molecule has 0 aliphatic rings. The highest BCUT2D eigenvalue weighted by atomic mass is 14.1.